The minimum absolute atomic E-state index is 0.00212. The van der Waals surface area contributed by atoms with Crippen molar-refractivity contribution < 1.29 is 9.59 Å². The Hall–Kier alpha value is -1.59. The molecule has 0 aromatic heterocycles. The van der Waals surface area contributed by atoms with E-state index >= 15 is 0 Å². The molecule has 2 fully saturated rings. The molecule has 0 radical (unpaired) electrons. The van der Waals surface area contributed by atoms with Crippen molar-refractivity contribution in [2.45, 2.75) is 38.3 Å². The third-order valence-electron chi connectivity index (χ3n) is 4.66. The molecule has 2 aliphatic heterocycles. The summed E-state index contributed by atoms with van der Waals surface area (Å²) >= 11 is 6.17. The van der Waals surface area contributed by atoms with Gasteiger partial charge in [0.1, 0.15) is 6.04 Å². The normalized spacial score (nSPS) is 28.0. The smallest absolute Gasteiger partial charge is 0.249 e. The van der Waals surface area contributed by atoms with Crippen molar-refractivity contribution in [3.63, 3.8) is 0 Å². The molecule has 23 heavy (non-hydrogen) atoms. The highest BCUT2D eigenvalue weighted by Gasteiger charge is 2.36. The predicted octanol–water partition coefficient (Wildman–Crippen LogP) is 1.95. The first-order chi connectivity index (χ1) is 11.1. The van der Waals surface area contributed by atoms with Crippen LogP contribution in [-0.2, 0) is 9.59 Å². The average Bonchev–Trinajstić information content (AvgIpc) is 2.89. The Balaban J connectivity index is 1.63. The van der Waals surface area contributed by atoms with Gasteiger partial charge < -0.3 is 15.5 Å². The van der Waals surface area contributed by atoms with E-state index in [0.29, 0.717) is 29.7 Å². The van der Waals surface area contributed by atoms with Gasteiger partial charge in [-0.2, -0.15) is 0 Å². The van der Waals surface area contributed by atoms with Gasteiger partial charge in [0.2, 0.25) is 11.8 Å². The van der Waals surface area contributed by atoms with Crippen LogP contribution in [0, 0.1) is 5.92 Å². The van der Waals surface area contributed by atoms with Crippen LogP contribution >= 0.6 is 11.6 Å². The second-order valence-corrected chi connectivity index (χ2v) is 6.77. The highest BCUT2D eigenvalue weighted by atomic mass is 35.5. The summed E-state index contributed by atoms with van der Waals surface area (Å²) in [5.74, 6) is -0.0837. The molecule has 0 saturated carbocycles. The Kier molecular flexibility index (Phi) is 4.87. The molecule has 0 spiro atoms. The molecule has 0 bridgehead atoms. The van der Waals surface area contributed by atoms with E-state index in [0.717, 1.165) is 19.4 Å². The van der Waals surface area contributed by atoms with Crippen LogP contribution in [0.25, 0.3) is 0 Å². The second kappa shape index (κ2) is 6.89. The molecule has 6 heteroatoms. The maximum absolute atomic E-state index is 12.6. The van der Waals surface area contributed by atoms with Crippen molar-refractivity contribution in [2.24, 2.45) is 5.92 Å². The Bertz CT molecular complexity index is 607. The molecule has 2 saturated heterocycles. The number of halogens is 1. The molecule has 1 unspecified atom stereocenters. The summed E-state index contributed by atoms with van der Waals surface area (Å²) in [5.41, 5.74) is 0.714. The molecule has 3 rings (SSSR count). The van der Waals surface area contributed by atoms with E-state index in [9.17, 15) is 9.59 Å². The zero-order valence-electron chi connectivity index (χ0n) is 13.2. The van der Waals surface area contributed by atoms with Gasteiger partial charge in [0.25, 0.3) is 0 Å². The van der Waals surface area contributed by atoms with Crippen LogP contribution in [-0.4, -0.2) is 37.0 Å². The lowest BCUT2D eigenvalue weighted by Gasteiger charge is -2.28. The van der Waals surface area contributed by atoms with Gasteiger partial charge in [0.15, 0.2) is 0 Å². The zero-order chi connectivity index (χ0) is 16.4. The van der Waals surface area contributed by atoms with Crippen molar-refractivity contribution >= 4 is 29.1 Å². The highest BCUT2D eigenvalue weighted by molar-refractivity contribution is 6.34. The molecule has 5 nitrogen and oxygen atoms in total. The summed E-state index contributed by atoms with van der Waals surface area (Å²) < 4.78 is 0. The summed E-state index contributed by atoms with van der Waals surface area (Å²) in [7, 11) is 0. The van der Waals surface area contributed by atoms with Crippen LogP contribution in [0.3, 0.4) is 0 Å². The first kappa shape index (κ1) is 16.3. The maximum atomic E-state index is 12.6. The van der Waals surface area contributed by atoms with Gasteiger partial charge in [0, 0.05) is 18.5 Å². The summed E-state index contributed by atoms with van der Waals surface area (Å²) in [6.45, 7) is 3.51. The molecule has 2 aliphatic rings. The van der Waals surface area contributed by atoms with Crippen molar-refractivity contribution in [2.75, 3.05) is 18.0 Å². The van der Waals surface area contributed by atoms with E-state index in [1.807, 2.05) is 18.2 Å². The van der Waals surface area contributed by atoms with Crippen LogP contribution in [0.1, 0.15) is 26.2 Å². The fourth-order valence-corrected chi connectivity index (χ4v) is 3.62. The Morgan fingerprint density at radius 2 is 2.13 bits per heavy atom. The van der Waals surface area contributed by atoms with Crippen molar-refractivity contribution in [3.05, 3.63) is 29.3 Å². The SMILES string of the molecule is C[C@H]1C[C@@H](C(=O)NC2CCN(c3ccccc3Cl)C2=O)CCN1. The standard InChI is InChI=1S/C17H22ClN3O2/c1-11-10-12(6-8-19-11)16(22)20-14-7-9-21(17(14)23)15-5-3-2-4-13(15)18/h2-5,11-12,14,19H,6-10H2,1H3,(H,20,22)/t11-,12-,14?/m0/s1. The lowest BCUT2D eigenvalue weighted by atomic mass is 9.92. The van der Waals surface area contributed by atoms with Crippen molar-refractivity contribution in [1.29, 1.82) is 0 Å². The average molecular weight is 336 g/mol. The Morgan fingerprint density at radius 1 is 1.35 bits per heavy atom. The summed E-state index contributed by atoms with van der Waals surface area (Å²) in [4.78, 5) is 26.7. The topological polar surface area (TPSA) is 61.4 Å². The number of piperidine rings is 1. The number of amides is 2. The molecule has 1 aromatic rings. The number of anilines is 1. The van der Waals surface area contributed by atoms with Crippen LogP contribution in [0.15, 0.2) is 24.3 Å². The molecule has 124 valence electrons. The molecule has 2 heterocycles. The van der Waals surface area contributed by atoms with Crippen LogP contribution in [0.4, 0.5) is 5.69 Å². The fourth-order valence-electron chi connectivity index (χ4n) is 3.38. The van der Waals surface area contributed by atoms with Gasteiger partial charge in [-0.25, -0.2) is 0 Å². The van der Waals surface area contributed by atoms with Gasteiger partial charge in [-0.1, -0.05) is 23.7 Å². The second-order valence-electron chi connectivity index (χ2n) is 6.37. The first-order valence-corrected chi connectivity index (χ1v) is 8.53. The monoisotopic (exact) mass is 335 g/mol. The minimum Gasteiger partial charge on any atom is -0.344 e. The van der Waals surface area contributed by atoms with Gasteiger partial charge >= 0.3 is 0 Å². The molecular weight excluding hydrogens is 314 g/mol. The maximum Gasteiger partial charge on any atom is 0.249 e. The third kappa shape index (κ3) is 3.51. The summed E-state index contributed by atoms with van der Waals surface area (Å²) in [5, 5.41) is 6.83. The molecule has 1 aromatic carbocycles. The van der Waals surface area contributed by atoms with E-state index in [1.165, 1.54) is 0 Å². The number of nitrogens with zero attached hydrogens (tertiary/aromatic N) is 1. The van der Waals surface area contributed by atoms with Gasteiger partial charge in [-0.05, 0) is 44.9 Å². The molecule has 2 N–H and O–H groups in total. The molecular formula is C17H22ClN3O2. The van der Waals surface area contributed by atoms with E-state index in [4.69, 9.17) is 11.6 Å². The number of carbonyl (C=O) groups excluding carboxylic acids is 2. The fraction of sp³-hybridized carbons (Fsp3) is 0.529. The Morgan fingerprint density at radius 3 is 2.87 bits per heavy atom. The molecule has 0 aliphatic carbocycles. The molecule has 2 amide bonds. The van der Waals surface area contributed by atoms with Crippen LogP contribution < -0.4 is 15.5 Å². The van der Waals surface area contributed by atoms with E-state index in [2.05, 4.69) is 17.6 Å². The number of para-hydroxylation sites is 1. The van der Waals surface area contributed by atoms with Crippen LogP contribution in [0.5, 0.6) is 0 Å². The van der Waals surface area contributed by atoms with Crippen molar-refractivity contribution in [1.82, 2.24) is 10.6 Å². The predicted molar refractivity (Wildman–Crippen MR) is 90.5 cm³/mol. The number of carbonyl (C=O) groups is 2. The highest BCUT2D eigenvalue weighted by Crippen LogP contribution is 2.29. The zero-order valence-corrected chi connectivity index (χ0v) is 14.0. The number of hydrogen-bond acceptors (Lipinski definition) is 3. The Labute approximate surface area is 141 Å². The molecule has 3 atom stereocenters. The first-order valence-electron chi connectivity index (χ1n) is 8.16. The quantitative estimate of drug-likeness (QED) is 0.887. The van der Waals surface area contributed by atoms with Gasteiger partial charge in [-0.3, -0.25) is 9.59 Å². The van der Waals surface area contributed by atoms with Gasteiger partial charge in [0.05, 0.1) is 10.7 Å². The van der Waals surface area contributed by atoms with E-state index in [-0.39, 0.29) is 17.7 Å². The van der Waals surface area contributed by atoms with E-state index < -0.39 is 6.04 Å². The minimum atomic E-state index is -0.441. The van der Waals surface area contributed by atoms with Crippen LogP contribution in [0.2, 0.25) is 5.02 Å². The number of nitrogens with one attached hydrogen (secondary N) is 2. The van der Waals surface area contributed by atoms with E-state index in [1.54, 1.807) is 11.0 Å². The number of benzene rings is 1. The number of hydrogen-bond donors (Lipinski definition) is 2. The summed E-state index contributed by atoms with van der Waals surface area (Å²) in [6, 6.07) is 7.20. The van der Waals surface area contributed by atoms with Crippen molar-refractivity contribution in [3.8, 4) is 0 Å². The lowest BCUT2D eigenvalue weighted by Crippen LogP contribution is -2.47. The van der Waals surface area contributed by atoms with Gasteiger partial charge in [-0.15, -0.1) is 0 Å². The summed E-state index contributed by atoms with van der Waals surface area (Å²) in [6.07, 6.45) is 2.27. The number of rotatable bonds is 3. The third-order valence-corrected chi connectivity index (χ3v) is 4.98. The largest absolute Gasteiger partial charge is 0.344 e. The lowest BCUT2D eigenvalue weighted by molar-refractivity contribution is -0.130.